The van der Waals surface area contributed by atoms with Crippen LogP contribution in [0.25, 0.3) is 97.8 Å². The lowest BCUT2D eigenvalue weighted by Gasteiger charge is -2.13. The quantitative estimate of drug-likeness (QED) is 0.180. The molecule has 0 spiro atoms. The predicted molar refractivity (Wildman–Crippen MR) is 207 cm³/mol. The summed E-state index contributed by atoms with van der Waals surface area (Å²) >= 11 is 1.89. The standard InChI is InChI=1S/C45H27N3S/c1-3-11-28(12-4-1)29-19-21-31(22-20-29)44-46-43(30-13-5-2-6-14-30)47-45(48-44)32-23-24-34-37-25-26-38-35-16-9-10-18-40(35)49-42(38)41(37)36-17-8-7-15-33(36)39(34)27-32/h1-27H. The molecule has 0 radical (unpaired) electrons. The third kappa shape index (κ3) is 4.61. The molecule has 49 heavy (non-hydrogen) atoms. The van der Waals surface area contributed by atoms with Crippen molar-refractivity contribution in [3.8, 4) is 45.3 Å². The maximum atomic E-state index is 5.10. The van der Waals surface area contributed by atoms with Crippen molar-refractivity contribution in [3.63, 3.8) is 0 Å². The van der Waals surface area contributed by atoms with Crippen LogP contribution < -0.4 is 0 Å². The lowest BCUT2D eigenvalue weighted by Crippen LogP contribution is -2.00. The average Bonchev–Trinajstić information content (AvgIpc) is 3.57. The van der Waals surface area contributed by atoms with Gasteiger partial charge in [0.1, 0.15) is 0 Å². The van der Waals surface area contributed by atoms with Crippen molar-refractivity contribution in [2.24, 2.45) is 0 Å². The maximum absolute atomic E-state index is 5.10. The lowest BCUT2D eigenvalue weighted by molar-refractivity contribution is 1.07. The van der Waals surface area contributed by atoms with Crippen LogP contribution in [0.3, 0.4) is 0 Å². The molecule has 228 valence electrons. The van der Waals surface area contributed by atoms with Crippen molar-refractivity contribution in [2.75, 3.05) is 0 Å². The van der Waals surface area contributed by atoms with E-state index in [1.54, 1.807) is 0 Å². The Hall–Kier alpha value is -6.23. The number of benzene rings is 8. The van der Waals surface area contributed by atoms with Gasteiger partial charge in [0.05, 0.1) is 0 Å². The van der Waals surface area contributed by atoms with Crippen molar-refractivity contribution >= 4 is 63.8 Å². The number of rotatable bonds is 4. The second kappa shape index (κ2) is 11.2. The number of nitrogens with zero attached hydrogens (tertiary/aromatic N) is 3. The number of hydrogen-bond acceptors (Lipinski definition) is 4. The van der Waals surface area contributed by atoms with E-state index >= 15 is 0 Å². The van der Waals surface area contributed by atoms with Crippen molar-refractivity contribution in [1.82, 2.24) is 15.0 Å². The van der Waals surface area contributed by atoms with Gasteiger partial charge in [-0.1, -0.05) is 152 Å². The number of aromatic nitrogens is 3. The molecule has 0 unspecified atom stereocenters. The molecule has 10 rings (SSSR count). The summed E-state index contributed by atoms with van der Waals surface area (Å²) in [6.07, 6.45) is 0. The van der Waals surface area contributed by atoms with E-state index in [1.807, 2.05) is 35.6 Å². The Bertz CT molecular complexity index is 2840. The first-order valence-electron chi connectivity index (χ1n) is 16.4. The van der Waals surface area contributed by atoms with Gasteiger partial charge in [0.15, 0.2) is 17.5 Å². The zero-order chi connectivity index (χ0) is 32.3. The second-order valence-electron chi connectivity index (χ2n) is 12.4. The van der Waals surface area contributed by atoms with Gasteiger partial charge in [0.25, 0.3) is 0 Å². The largest absolute Gasteiger partial charge is 0.208 e. The summed E-state index contributed by atoms with van der Waals surface area (Å²) < 4.78 is 2.66. The van der Waals surface area contributed by atoms with Crippen LogP contribution in [0.5, 0.6) is 0 Å². The summed E-state index contributed by atoms with van der Waals surface area (Å²) in [7, 11) is 0. The van der Waals surface area contributed by atoms with Gasteiger partial charge < -0.3 is 0 Å². The van der Waals surface area contributed by atoms with Crippen molar-refractivity contribution in [3.05, 3.63) is 164 Å². The highest BCUT2D eigenvalue weighted by molar-refractivity contribution is 7.26. The fraction of sp³-hybridized carbons (Fsp3) is 0. The van der Waals surface area contributed by atoms with E-state index in [-0.39, 0.29) is 0 Å². The van der Waals surface area contributed by atoms with E-state index in [4.69, 9.17) is 15.0 Å². The molecule has 8 aromatic carbocycles. The Morgan fingerprint density at radius 3 is 1.49 bits per heavy atom. The van der Waals surface area contributed by atoms with E-state index in [2.05, 4.69) is 140 Å². The fourth-order valence-electron chi connectivity index (χ4n) is 7.15. The first-order valence-corrected chi connectivity index (χ1v) is 17.3. The van der Waals surface area contributed by atoms with E-state index in [9.17, 15) is 0 Å². The van der Waals surface area contributed by atoms with Gasteiger partial charge in [-0.2, -0.15) is 0 Å². The minimum atomic E-state index is 0.652. The zero-order valence-corrected chi connectivity index (χ0v) is 27.2. The normalized spacial score (nSPS) is 11.7. The van der Waals surface area contributed by atoms with Gasteiger partial charge in [-0.05, 0) is 50.2 Å². The number of thiophene rings is 1. The second-order valence-corrected chi connectivity index (χ2v) is 13.4. The molecule has 0 aliphatic carbocycles. The van der Waals surface area contributed by atoms with Crippen molar-refractivity contribution in [2.45, 2.75) is 0 Å². The van der Waals surface area contributed by atoms with Crippen molar-refractivity contribution < 1.29 is 0 Å². The Morgan fingerprint density at radius 1 is 0.306 bits per heavy atom. The van der Waals surface area contributed by atoms with Crippen LogP contribution in [0.1, 0.15) is 0 Å². The summed E-state index contributed by atoms with van der Waals surface area (Å²) in [6, 6.07) is 57.9. The predicted octanol–water partition coefficient (Wildman–Crippen LogP) is 12.4. The van der Waals surface area contributed by atoms with Crippen LogP contribution in [-0.4, -0.2) is 15.0 Å². The van der Waals surface area contributed by atoms with Gasteiger partial charge in [-0.3, -0.25) is 0 Å². The first kappa shape index (κ1) is 27.8. The molecule has 0 atom stereocenters. The number of hydrogen-bond donors (Lipinski definition) is 0. The monoisotopic (exact) mass is 641 g/mol. The fourth-order valence-corrected chi connectivity index (χ4v) is 8.41. The van der Waals surface area contributed by atoms with Gasteiger partial charge >= 0.3 is 0 Å². The van der Waals surface area contributed by atoms with Gasteiger partial charge in [0, 0.05) is 42.2 Å². The molecule has 4 heteroatoms. The Kier molecular flexibility index (Phi) is 6.36. The van der Waals surface area contributed by atoms with Gasteiger partial charge in [-0.15, -0.1) is 11.3 Å². The minimum absolute atomic E-state index is 0.652. The summed E-state index contributed by atoms with van der Waals surface area (Å²) in [5.74, 6) is 1.96. The Morgan fingerprint density at radius 2 is 0.755 bits per heavy atom. The van der Waals surface area contributed by atoms with Gasteiger partial charge in [-0.25, -0.2) is 15.0 Å². The van der Waals surface area contributed by atoms with E-state index in [1.165, 1.54) is 58.1 Å². The van der Waals surface area contributed by atoms with Crippen LogP contribution in [0.15, 0.2) is 164 Å². The van der Waals surface area contributed by atoms with Crippen LogP contribution >= 0.6 is 11.3 Å². The molecular weight excluding hydrogens is 615 g/mol. The summed E-state index contributed by atoms with van der Waals surface area (Å²) in [5, 5.41) is 10.1. The topological polar surface area (TPSA) is 38.7 Å². The molecule has 0 saturated carbocycles. The average molecular weight is 642 g/mol. The molecule has 0 amide bonds. The van der Waals surface area contributed by atoms with E-state index in [0.29, 0.717) is 17.5 Å². The zero-order valence-electron chi connectivity index (χ0n) is 26.3. The lowest BCUT2D eigenvalue weighted by atomic mass is 9.92. The first-order chi connectivity index (χ1) is 24.3. The molecule has 10 aromatic rings. The summed E-state index contributed by atoms with van der Waals surface area (Å²) in [6.45, 7) is 0. The molecule has 0 fully saturated rings. The van der Waals surface area contributed by atoms with Crippen LogP contribution in [-0.2, 0) is 0 Å². The molecule has 0 N–H and O–H groups in total. The molecule has 0 bridgehead atoms. The molecule has 3 nitrogen and oxygen atoms in total. The van der Waals surface area contributed by atoms with Crippen LogP contribution in [0, 0.1) is 0 Å². The van der Waals surface area contributed by atoms with Gasteiger partial charge in [0.2, 0.25) is 0 Å². The summed E-state index contributed by atoms with van der Waals surface area (Å²) in [5.41, 5.74) is 5.20. The smallest absolute Gasteiger partial charge is 0.164 e. The van der Waals surface area contributed by atoms with E-state index < -0.39 is 0 Å². The highest BCUT2D eigenvalue weighted by atomic mass is 32.1. The SMILES string of the molecule is c1ccc(-c2ccc(-c3nc(-c4ccccc4)nc(-c4ccc5c(c4)c4ccccc4c4c5ccc5c6ccccc6sc54)n3)cc2)cc1. The van der Waals surface area contributed by atoms with Crippen LogP contribution in [0.4, 0.5) is 0 Å². The highest BCUT2D eigenvalue weighted by Crippen LogP contribution is 2.44. The highest BCUT2D eigenvalue weighted by Gasteiger charge is 2.17. The van der Waals surface area contributed by atoms with Crippen molar-refractivity contribution in [1.29, 1.82) is 0 Å². The molecule has 0 aliphatic rings. The third-order valence-corrected chi connectivity index (χ3v) is 10.7. The molecule has 2 heterocycles. The molecule has 0 aliphatic heterocycles. The van der Waals surface area contributed by atoms with E-state index in [0.717, 1.165) is 22.3 Å². The Balaban J connectivity index is 1.18. The summed E-state index contributed by atoms with van der Waals surface area (Å²) in [4.78, 5) is 15.1. The molecule has 0 saturated heterocycles. The maximum Gasteiger partial charge on any atom is 0.164 e. The Labute approximate surface area is 286 Å². The molecule has 2 aromatic heterocycles. The third-order valence-electron chi connectivity index (χ3n) is 9.52. The minimum Gasteiger partial charge on any atom is -0.208 e. The van der Waals surface area contributed by atoms with Crippen LogP contribution in [0.2, 0.25) is 0 Å². The molecular formula is C45H27N3S. The number of fused-ring (bicyclic) bond motifs is 10.